The van der Waals surface area contributed by atoms with Gasteiger partial charge in [-0.05, 0) is 32.1 Å². The van der Waals surface area contributed by atoms with Gasteiger partial charge in [-0.1, -0.05) is 215 Å². The Balaban J connectivity index is -0.0000174. The van der Waals surface area contributed by atoms with Gasteiger partial charge in [0.1, 0.15) is 5.78 Å². The number of amides is 1. The highest BCUT2D eigenvalue weighted by Crippen LogP contribution is 2.22. The molecule has 0 atom stereocenters. The van der Waals surface area contributed by atoms with Gasteiger partial charge in [-0.25, -0.2) is 0 Å². The number of ketones is 1. The van der Waals surface area contributed by atoms with Crippen LogP contribution in [0.2, 0.25) is 0 Å². The first-order chi connectivity index (χ1) is 29.1. The van der Waals surface area contributed by atoms with Crippen LogP contribution in [0, 0.1) is 14.9 Å². The zero-order valence-corrected chi connectivity index (χ0v) is 45.5. The molecular weight excluding hydrogens is 799 g/mol. The van der Waals surface area contributed by atoms with Crippen LogP contribution in [0.3, 0.4) is 0 Å². The van der Waals surface area contributed by atoms with E-state index < -0.39 is 0 Å². The topological polar surface area (TPSA) is 46.2 Å². The SMILES string of the molecule is CCCCCCCCCCCCCCCCCC[N+](C)(C)CCCC(=O)CCCSSCCNC(=O)CCC[N+](C)(C)CCCCCCCCCCCCCCCCCC.[CH3-].[CH3-]. The number of hydrogen-bond acceptors (Lipinski definition) is 4. The second-order valence-corrected chi connectivity index (χ2v) is 22.9. The Kier molecular flexibility index (Phi) is 53.4. The lowest BCUT2D eigenvalue weighted by molar-refractivity contribution is -0.890. The van der Waals surface area contributed by atoms with Crippen LogP contribution >= 0.6 is 21.6 Å². The molecule has 0 aliphatic carbocycles. The summed E-state index contributed by atoms with van der Waals surface area (Å²) in [7, 11) is 13.0. The fourth-order valence-corrected chi connectivity index (χ4v) is 10.7. The summed E-state index contributed by atoms with van der Waals surface area (Å²) < 4.78 is 2.07. The smallest absolute Gasteiger partial charge is 0.220 e. The number of carbonyl (C=O) groups is 2. The van der Waals surface area contributed by atoms with Crippen molar-refractivity contribution in [2.45, 2.75) is 258 Å². The van der Waals surface area contributed by atoms with Gasteiger partial charge in [0.2, 0.25) is 5.91 Å². The molecule has 0 rings (SSSR count). The molecular formula is C55H115N3O2S2. The number of carbonyl (C=O) groups excluding carboxylic acids is 2. The Morgan fingerprint density at radius 2 is 0.629 bits per heavy atom. The van der Waals surface area contributed by atoms with Crippen LogP contribution < -0.4 is 5.32 Å². The van der Waals surface area contributed by atoms with Crippen molar-refractivity contribution >= 4 is 33.3 Å². The highest BCUT2D eigenvalue weighted by Gasteiger charge is 2.16. The molecule has 7 heteroatoms. The molecule has 0 saturated heterocycles. The van der Waals surface area contributed by atoms with E-state index in [0.717, 1.165) is 65.8 Å². The molecule has 0 fully saturated rings. The third-order valence-corrected chi connectivity index (χ3v) is 15.4. The summed E-state index contributed by atoms with van der Waals surface area (Å²) in [4.78, 5) is 24.9. The molecule has 0 aliphatic heterocycles. The summed E-state index contributed by atoms with van der Waals surface area (Å²) in [6.45, 7) is 9.97. The van der Waals surface area contributed by atoms with Crippen molar-refractivity contribution in [3.8, 4) is 0 Å². The second-order valence-electron chi connectivity index (χ2n) is 20.2. The van der Waals surface area contributed by atoms with E-state index in [-0.39, 0.29) is 20.8 Å². The van der Waals surface area contributed by atoms with Gasteiger partial charge >= 0.3 is 0 Å². The number of nitrogens with one attached hydrogen (secondary N) is 1. The molecule has 374 valence electrons. The normalized spacial score (nSPS) is 11.7. The van der Waals surface area contributed by atoms with E-state index in [1.807, 2.05) is 21.6 Å². The van der Waals surface area contributed by atoms with E-state index in [9.17, 15) is 9.59 Å². The predicted molar refractivity (Wildman–Crippen MR) is 286 cm³/mol. The maximum absolute atomic E-state index is 12.5. The molecule has 62 heavy (non-hydrogen) atoms. The molecule has 0 aromatic rings. The Morgan fingerprint density at radius 3 is 0.984 bits per heavy atom. The standard InChI is InChI=1S/C53H108N3O2S2.2CH3/c1-7-9-11-13-15-17-19-21-23-25-27-29-31-33-35-37-46-55(3,4)48-39-42-52(57)43-41-50-59-60-51-45-54-53(58)44-40-49-56(5,6)47-38-36-34-32-30-28-26-24-22-20-18-16-14-12-10-8-2;;/h7-51H2,1-6H3;2*1H3/q+1;2*-1/p+1. The molecule has 0 saturated carbocycles. The summed E-state index contributed by atoms with van der Waals surface area (Å²) >= 11 is 0. The molecule has 0 radical (unpaired) electrons. The Bertz CT molecular complexity index is 843. The largest absolute Gasteiger partial charge is 0.358 e. The van der Waals surface area contributed by atoms with Crippen LogP contribution in [0.25, 0.3) is 0 Å². The van der Waals surface area contributed by atoms with Gasteiger partial charge < -0.3 is 29.1 Å². The van der Waals surface area contributed by atoms with Gasteiger partial charge in [-0.15, -0.1) is 0 Å². The zero-order valence-electron chi connectivity index (χ0n) is 43.8. The average molecular weight is 915 g/mol. The van der Waals surface area contributed by atoms with E-state index in [4.69, 9.17) is 0 Å². The summed E-state index contributed by atoms with van der Waals surface area (Å²) in [5.74, 6) is 2.57. The van der Waals surface area contributed by atoms with Crippen molar-refractivity contribution in [3.05, 3.63) is 14.9 Å². The van der Waals surface area contributed by atoms with Crippen LogP contribution in [0.5, 0.6) is 0 Å². The first-order valence-corrected chi connectivity index (χ1v) is 29.3. The van der Waals surface area contributed by atoms with Gasteiger partial charge in [0, 0.05) is 50.2 Å². The number of quaternary nitrogens is 2. The van der Waals surface area contributed by atoms with Crippen LogP contribution in [0.15, 0.2) is 0 Å². The lowest BCUT2D eigenvalue weighted by Crippen LogP contribution is -2.41. The van der Waals surface area contributed by atoms with E-state index >= 15 is 0 Å². The molecule has 0 unspecified atom stereocenters. The maximum atomic E-state index is 12.5. The Hall–Kier alpha value is -0.240. The van der Waals surface area contributed by atoms with Crippen molar-refractivity contribution in [2.75, 3.05) is 72.4 Å². The Morgan fingerprint density at radius 1 is 0.355 bits per heavy atom. The lowest BCUT2D eigenvalue weighted by Gasteiger charge is -2.29. The van der Waals surface area contributed by atoms with Crippen LogP contribution in [-0.2, 0) is 9.59 Å². The first kappa shape index (κ1) is 66.0. The van der Waals surface area contributed by atoms with Crippen molar-refractivity contribution in [2.24, 2.45) is 0 Å². The molecule has 0 aromatic heterocycles. The van der Waals surface area contributed by atoms with Crippen LogP contribution in [0.4, 0.5) is 0 Å². The van der Waals surface area contributed by atoms with Crippen molar-refractivity contribution < 1.29 is 18.6 Å². The van der Waals surface area contributed by atoms with E-state index in [1.165, 1.54) is 219 Å². The van der Waals surface area contributed by atoms with Crippen molar-refractivity contribution in [1.29, 1.82) is 0 Å². The van der Waals surface area contributed by atoms with Gasteiger partial charge in [0.05, 0.1) is 54.4 Å². The molecule has 0 spiro atoms. The quantitative estimate of drug-likeness (QED) is 0.0286. The van der Waals surface area contributed by atoms with E-state index in [1.54, 1.807) is 0 Å². The monoisotopic (exact) mass is 914 g/mol. The van der Waals surface area contributed by atoms with Gasteiger partial charge in [-0.3, -0.25) is 9.59 Å². The third-order valence-electron chi connectivity index (χ3n) is 12.9. The van der Waals surface area contributed by atoms with Gasteiger partial charge in [-0.2, -0.15) is 0 Å². The fraction of sp³-hybridized carbons (Fsp3) is 0.927. The fourth-order valence-electron chi connectivity index (χ4n) is 8.66. The maximum Gasteiger partial charge on any atom is 0.220 e. The summed E-state index contributed by atoms with van der Waals surface area (Å²) in [5, 5.41) is 3.12. The van der Waals surface area contributed by atoms with Gasteiger partial charge in [0.15, 0.2) is 0 Å². The number of Topliss-reactive ketones (excluding diaryl/α,β-unsaturated/α-hetero) is 1. The summed E-state index contributed by atoms with van der Waals surface area (Å²) in [6.07, 6.45) is 50.4. The number of rotatable bonds is 50. The minimum absolute atomic E-state index is 0. The predicted octanol–water partition coefficient (Wildman–Crippen LogP) is 17.0. The minimum atomic E-state index is 0. The molecule has 5 nitrogen and oxygen atoms in total. The lowest BCUT2D eigenvalue weighted by atomic mass is 10.0. The number of hydrogen-bond donors (Lipinski definition) is 1. The summed E-state index contributed by atoms with van der Waals surface area (Å²) in [6, 6.07) is 0. The average Bonchev–Trinajstić information content (AvgIpc) is 3.21. The molecule has 1 amide bonds. The van der Waals surface area contributed by atoms with E-state index in [2.05, 4.69) is 47.4 Å². The van der Waals surface area contributed by atoms with E-state index in [0.29, 0.717) is 18.6 Å². The highest BCUT2D eigenvalue weighted by atomic mass is 33.1. The Labute approximate surface area is 400 Å². The van der Waals surface area contributed by atoms with Crippen molar-refractivity contribution in [3.63, 3.8) is 0 Å². The summed E-state index contributed by atoms with van der Waals surface area (Å²) in [5.41, 5.74) is 0. The molecule has 0 bridgehead atoms. The van der Waals surface area contributed by atoms with Crippen molar-refractivity contribution in [1.82, 2.24) is 5.32 Å². The number of nitrogens with zero attached hydrogens (tertiary/aromatic N) is 2. The van der Waals surface area contributed by atoms with Crippen LogP contribution in [0.1, 0.15) is 258 Å². The zero-order chi connectivity index (χ0) is 44.1. The minimum Gasteiger partial charge on any atom is -0.358 e. The van der Waals surface area contributed by atoms with Crippen LogP contribution in [-0.4, -0.2) is 93.1 Å². The first-order valence-electron chi connectivity index (χ1n) is 26.8. The highest BCUT2D eigenvalue weighted by molar-refractivity contribution is 8.76. The van der Waals surface area contributed by atoms with Gasteiger partial charge in [0.25, 0.3) is 0 Å². The number of unbranched alkanes of at least 4 members (excludes halogenated alkanes) is 30. The third kappa shape index (κ3) is 52.4. The molecule has 0 heterocycles. The molecule has 0 aromatic carbocycles. The molecule has 1 N–H and O–H groups in total. The molecule has 0 aliphatic rings. The second kappa shape index (κ2) is 50.2.